The zero-order valence-corrected chi connectivity index (χ0v) is 5.70. The number of rotatable bonds is 3. The summed E-state index contributed by atoms with van der Waals surface area (Å²) in [6.45, 7) is 2.06. The lowest BCUT2D eigenvalue weighted by Crippen LogP contribution is -1.95. The first-order valence-corrected chi connectivity index (χ1v) is 3.06. The molecule has 3 heteroatoms. The highest BCUT2D eigenvalue weighted by Crippen LogP contribution is 1.96. The maximum absolute atomic E-state index is 7.92. The zero-order chi connectivity index (χ0) is 6.41. The molecule has 48 valence electrons. The molecule has 0 aromatic heterocycles. The van der Waals surface area contributed by atoms with E-state index in [9.17, 15) is 0 Å². The second-order valence-corrected chi connectivity index (χ2v) is 2.02. The maximum atomic E-state index is 7.92. The van der Waals surface area contributed by atoms with Crippen LogP contribution < -0.4 is 0 Å². The molecular formula is C5H10O2S. The molecule has 0 aromatic carbocycles. The molecule has 0 radical (unpaired) electrons. The van der Waals surface area contributed by atoms with Crippen LogP contribution in [0.25, 0.3) is 0 Å². The van der Waals surface area contributed by atoms with Crippen molar-refractivity contribution in [2.75, 3.05) is 0 Å². The summed E-state index contributed by atoms with van der Waals surface area (Å²) in [7, 11) is 0. The minimum atomic E-state index is 0.284. The van der Waals surface area contributed by atoms with Crippen LogP contribution in [0.3, 0.4) is 0 Å². The molecule has 0 fully saturated rings. The van der Waals surface area contributed by atoms with Crippen LogP contribution in [0.2, 0.25) is 0 Å². The van der Waals surface area contributed by atoms with Crippen molar-refractivity contribution in [3.8, 4) is 0 Å². The van der Waals surface area contributed by atoms with Gasteiger partial charge in [0.05, 0.1) is 0 Å². The van der Waals surface area contributed by atoms with Gasteiger partial charge in [0, 0.05) is 6.42 Å². The van der Waals surface area contributed by atoms with Gasteiger partial charge in [0.25, 0.3) is 0 Å². The minimum absolute atomic E-state index is 0.284. The van der Waals surface area contributed by atoms with Crippen molar-refractivity contribution < 1.29 is 10.1 Å². The number of hydrogen-bond acceptors (Lipinski definition) is 3. The van der Waals surface area contributed by atoms with E-state index in [1.165, 1.54) is 0 Å². The van der Waals surface area contributed by atoms with E-state index < -0.39 is 0 Å². The van der Waals surface area contributed by atoms with E-state index in [-0.39, 0.29) is 5.05 Å². The molecule has 2 nitrogen and oxygen atoms in total. The van der Waals surface area contributed by atoms with E-state index in [2.05, 4.69) is 24.0 Å². The Labute approximate surface area is 54.4 Å². The molecule has 8 heavy (non-hydrogen) atoms. The Morgan fingerprint density at radius 2 is 2.38 bits per heavy atom. The van der Waals surface area contributed by atoms with Crippen molar-refractivity contribution in [1.29, 1.82) is 0 Å². The van der Waals surface area contributed by atoms with Gasteiger partial charge in [-0.2, -0.15) is 0 Å². The molecule has 0 amide bonds. The first-order chi connectivity index (χ1) is 3.81. The summed E-state index contributed by atoms with van der Waals surface area (Å²) in [5, 5.41) is 8.20. The molecule has 0 unspecified atom stereocenters. The maximum Gasteiger partial charge on any atom is 0.205 e. The van der Waals surface area contributed by atoms with Crippen LogP contribution in [0.4, 0.5) is 0 Å². The molecule has 0 saturated carbocycles. The summed E-state index contributed by atoms with van der Waals surface area (Å²) in [4.78, 5) is 3.78. The fourth-order valence-electron chi connectivity index (χ4n) is 0.367. The summed E-state index contributed by atoms with van der Waals surface area (Å²) in [6.07, 6.45) is 2.74. The summed E-state index contributed by atoms with van der Waals surface area (Å²) >= 11 is 4.55. The molecule has 0 aliphatic carbocycles. The first-order valence-electron chi connectivity index (χ1n) is 2.65. The predicted octanol–water partition coefficient (Wildman–Crippen LogP) is 1.99. The van der Waals surface area contributed by atoms with Crippen LogP contribution in [-0.4, -0.2) is 10.3 Å². The quantitative estimate of drug-likeness (QED) is 0.363. The van der Waals surface area contributed by atoms with Crippen molar-refractivity contribution >= 4 is 17.3 Å². The van der Waals surface area contributed by atoms with Gasteiger partial charge >= 0.3 is 0 Å². The molecule has 0 atom stereocenters. The van der Waals surface area contributed by atoms with Crippen LogP contribution >= 0.6 is 12.2 Å². The molecule has 0 aromatic rings. The molecule has 0 rings (SSSR count). The smallest absolute Gasteiger partial charge is 0.205 e. The normalized spacial score (nSPS) is 8.75. The van der Waals surface area contributed by atoms with Crippen LogP contribution in [0, 0.1) is 0 Å². The second-order valence-electron chi connectivity index (χ2n) is 1.57. The Morgan fingerprint density at radius 3 is 2.75 bits per heavy atom. The standard InChI is InChI=1S/C5H10O2S/c1-2-3-4-5(8)7-6/h6H,2-4H2,1H3. The third kappa shape index (κ3) is 4.02. The molecule has 0 aliphatic rings. The van der Waals surface area contributed by atoms with Crippen LogP contribution in [0.1, 0.15) is 26.2 Å². The summed E-state index contributed by atoms with van der Waals surface area (Å²) in [5.41, 5.74) is 0. The SMILES string of the molecule is CCCCC(=S)OO. The number of hydrogen-bond donors (Lipinski definition) is 1. The number of unbranched alkanes of at least 4 members (excludes halogenated alkanes) is 1. The van der Waals surface area contributed by atoms with Crippen LogP contribution in [-0.2, 0) is 4.89 Å². The van der Waals surface area contributed by atoms with Crippen molar-refractivity contribution in [1.82, 2.24) is 0 Å². The van der Waals surface area contributed by atoms with Gasteiger partial charge in [-0.05, 0) is 18.6 Å². The van der Waals surface area contributed by atoms with E-state index in [1.54, 1.807) is 0 Å². The third-order valence-electron chi connectivity index (χ3n) is 0.836. The second kappa shape index (κ2) is 5.00. The van der Waals surface area contributed by atoms with Crippen molar-refractivity contribution in [3.05, 3.63) is 0 Å². The highest BCUT2D eigenvalue weighted by Gasteiger charge is 1.92. The van der Waals surface area contributed by atoms with E-state index in [0.717, 1.165) is 12.8 Å². The summed E-state index contributed by atoms with van der Waals surface area (Å²) in [6, 6.07) is 0. The largest absolute Gasteiger partial charge is 0.333 e. The lowest BCUT2D eigenvalue weighted by Gasteiger charge is -1.94. The van der Waals surface area contributed by atoms with Crippen molar-refractivity contribution in [3.63, 3.8) is 0 Å². The lowest BCUT2D eigenvalue weighted by atomic mass is 10.3. The Hall–Kier alpha value is -0.150. The van der Waals surface area contributed by atoms with Gasteiger partial charge in [-0.1, -0.05) is 13.3 Å². The Balaban J connectivity index is 2.99. The van der Waals surface area contributed by atoms with Crippen molar-refractivity contribution in [2.45, 2.75) is 26.2 Å². The Bertz CT molecular complexity index is 72.8. The van der Waals surface area contributed by atoms with Gasteiger partial charge in [-0.3, -0.25) is 0 Å². The van der Waals surface area contributed by atoms with E-state index in [1.807, 2.05) is 0 Å². The molecule has 0 spiro atoms. The summed E-state index contributed by atoms with van der Waals surface area (Å²) < 4.78 is 0. The van der Waals surface area contributed by atoms with E-state index >= 15 is 0 Å². The van der Waals surface area contributed by atoms with Gasteiger partial charge in [0.2, 0.25) is 5.05 Å². The molecule has 1 N–H and O–H groups in total. The lowest BCUT2D eigenvalue weighted by molar-refractivity contribution is -0.153. The van der Waals surface area contributed by atoms with Gasteiger partial charge in [-0.15, -0.1) is 0 Å². The van der Waals surface area contributed by atoms with Gasteiger partial charge < -0.3 is 4.89 Å². The number of thiocarbonyl (C=S) groups is 1. The van der Waals surface area contributed by atoms with E-state index in [0.29, 0.717) is 6.42 Å². The van der Waals surface area contributed by atoms with Gasteiger partial charge in [-0.25, -0.2) is 5.26 Å². The molecule has 0 bridgehead atoms. The topological polar surface area (TPSA) is 29.5 Å². The third-order valence-corrected chi connectivity index (χ3v) is 1.11. The molecular weight excluding hydrogens is 124 g/mol. The van der Waals surface area contributed by atoms with Crippen molar-refractivity contribution in [2.24, 2.45) is 0 Å². The predicted molar refractivity (Wildman–Crippen MR) is 35.8 cm³/mol. The fourth-order valence-corrected chi connectivity index (χ4v) is 0.511. The highest BCUT2D eigenvalue weighted by molar-refractivity contribution is 7.80. The first kappa shape index (κ1) is 7.85. The highest BCUT2D eigenvalue weighted by atomic mass is 32.1. The molecule has 0 heterocycles. The zero-order valence-electron chi connectivity index (χ0n) is 4.89. The van der Waals surface area contributed by atoms with Gasteiger partial charge in [0.15, 0.2) is 0 Å². The van der Waals surface area contributed by atoms with Crippen LogP contribution in [0.5, 0.6) is 0 Å². The Morgan fingerprint density at radius 1 is 1.75 bits per heavy atom. The minimum Gasteiger partial charge on any atom is -0.333 e. The van der Waals surface area contributed by atoms with E-state index in [4.69, 9.17) is 5.26 Å². The van der Waals surface area contributed by atoms with Crippen LogP contribution in [0.15, 0.2) is 0 Å². The molecule has 0 aliphatic heterocycles. The Kier molecular flexibility index (Phi) is 4.90. The average molecular weight is 134 g/mol. The monoisotopic (exact) mass is 134 g/mol. The average Bonchev–Trinajstić information content (AvgIpc) is 1.83. The molecule has 0 saturated heterocycles. The fraction of sp³-hybridized carbons (Fsp3) is 0.800. The summed E-state index contributed by atoms with van der Waals surface area (Å²) in [5.74, 6) is 0. The van der Waals surface area contributed by atoms with Gasteiger partial charge in [0.1, 0.15) is 0 Å².